The summed E-state index contributed by atoms with van der Waals surface area (Å²) in [6, 6.07) is 22.0. The Hall–Kier alpha value is -4.79. The van der Waals surface area contributed by atoms with Crippen LogP contribution in [0.4, 0.5) is 5.69 Å². The summed E-state index contributed by atoms with van der Waals surface area (Å²) in [5, 5.41) is 9.79. The van der Waals surface area contributed by atoms with E-state index in [1.54, 1.807) is 50.4 Å². The van der Waals surface area contributed by atoms with Crippen molar-refractivity contribution in [3.05, 3.63) is 88.8 Å². The molecule has 9 nitrogen and oxygen atoms in total. The molecule has 39 heavy (non-hydrogen) atoms. The number of ether oxygens (including phenoxy) is 2. The van der Waals surface area contributed by atoms with Crippen molar-refractivity contribution in [1.29, 1.82) is 0 Å². The Morgan fingerprint density at radius 3 is 2.26 bits per heavy atom. The van der Waals surface area contributed by atoms with Crippen LogP contribution in [0.3, 0.4) is 0 Å². The smallest absolute Gasteiger partial charge is 0.345 e. The number of aromatic hydroxyl groups is 1. The molecule has 1 amide bonds. The number of piperazine rings is 1. The number of H-pyrrole nitrogens is 1. The van der Waals surface area contributed by atoms with Crippen LogP contribution in [0.2, 0.25) is 0 Å². The van der Waals surface area contributed by atoms with Gasteiger partial charge in [-0.2, -0.15) is 4.98 Å². The molecule has 5 rings (SSSR count). The van der Waals surface area contributed by atoms with E-state index >= 15 is 0 Å². The molecule has 2 N–H and O–H groups in total. The van der Waals surface area contributed by atoms with Crippen molar-refractivity contribution in [3.63, 3.8) is 0 Å². The number of carbonyl (C=O) groups excluding carboxylic acids is 1. The zero-order valence-electron chi connectivity index (χ0n) is 21.9. The standard InChI is InChI=1S/C30H30N4O5/c1-20-17-22(5-12-28(20)35)27-18-26(31-30(37)32-27)21-3-8-25(9-4-21)39-19-29(36)34-15-13-33(14-16-34)23-6-10-24(38-2)11-7-23/h3-12,17-18,35H,13-16,19H2,1-2H3,(H,31,32,37). The van der Waals surface area contributed by atoms with Crippen LogP contribution < -0.4 is 20.1 Å². The van der Waals surface area contributed by atoms with Gasteiger partial charge in [0.15, 0.2) is 6.61 Å². The SMILES string of the molecule is COc1ccc(N2CCN(C(=O)COc3ccc(-c4cc(-c5ccc(O)c(C)c5)nc(=O)[nH]4)cc3)CC2)cc1. The molecule has 1 aliphatic heterocycles. The van der Waals surface area contributed by atoms with Crippen LogP contribution in [0, 0.1) is 6.92 Å². The number of aromatic nitrogens is 2. The highest BCUT2D eigenvalue weighted by Crippen LogP contribution is 2.27. The number of nitrogens with one attached hydrogen (secondary N) is 1. The Morgan fingerprint density at radius 1 is 0.923 bits per heavy atom. The van der Waals surface area contributed by atoms with Crippen LogP contribution in [-0.2, 0) is 4.79 Å². The van der Waals surface area contributed by atoms with Gasteiger partial charge in [-0.25, -0.2) is 4.79 Å². The fraction of sp³-hybridized carbons (Fsp3) is 0.233. The molecule has 2 heterocycles. The Kier molecular flexibility index (Phi) is 7.49. The zero-order valence-corrected chi connectivity index (χ0v) is 21.9. The normalized spacial score (nSPS) is 13.3. The lowest BCUT2D eigenvalue weighted by Crippen LogP contribution is -2.50. The number of hydrogen-bond donors (Lipinski definition) is 2. The molecule has 1 fully saturated rings. The minimum absolute atomic E-state index is 0.0433. The quantitative estimate of drug-likeness (QED) is 0.377. The molecule has 4 aromatic rings. The fourth-order valence-corrected chi connectivity index (χ4v) is 4.55. The van der Waals surface area contributed by atoms with Gasteiger partial charge in [-0.05, 0) is 90.8 Å². The number of phenols is 1. The summed E-state index contributed by atoms with van der Waals surface area (Å²) in [6.07, 6.45) is 0. The topological polar surface area (TPSA) is 108 Å². The van der Waals surface area contributed by atoms with Gasteiger partial charge in [0.05, 0.1) is 18.5 Å². The number of nitrogens with zero attached hydrogens (tertiary/aromatic N) is 3. The number of rotatable bonds is 7. The van der Waals surface area contributed by atoms with E-state index in [1.807, 2.05) is 41.3 Å². The average molecular weight is 527 g/mol. The van der Waals surface area contributed by atoms with Gasteiger partial charge < -0.3 is 29.4 Å². The summed E-state index contributed by atoms with van der Waals surface area (Å²) in [4.78, 5) is 35.9. The van der Waals surface area contributed by atoms with E-state index in [1.165, 1.54) is 0 Å². The monoisotopic (exact) mass is 526 g/mol. The van der Waals surface area contributed by atoms with E-state index in [-0.39, 0.29) is 18.3 Å². The maximum absolute atomic E-state index is 12.7. The van der Waals surface area contributed by atoms with E-state index in [0.717, 1.165) is 35.7 Å². The third-order valence-electron chi connectivity index (χ3n) is 6.83. The van der Waals surface area contributed by atoms with Gasteiger partial charge in [-0.3, -0.25) is 4.79 Å². The Labute approximate surface area is 226 Å². The van der Waals surface area contributed by atoms with Crippen molar-refractivity contribution in [2.24, 2.45) is 0 Å². The van der Waals surface area contributed by atoms with Gasteiger partial charge in [-0.15, -0.1) is 0 Å². The molecular formula is C30H30N4O5. The van der Waals surface area contributed by atoms with Gasteiger partial charge in [0, 0.05) is 37.4 Å². The molecule has 1 saturated heterocycles. The lowest BCUT2D eigenvalue weighted by Gasteiger charge is -2.36. The maximum atomic E-state index is 12.7. The Morgan fingerprint density at radius 2 is 1.59 bits per heavy atom. The summed E-state index contributed by atoms with van der Waals surface area (Å²) < 4.78 is 11.0. The molecule has 0 atom stereocenters. The first-order valence-corrected chi connectivity index (χ1v) is 12.7. The van der Waals surface area contributed by atoms with Gasteiger partial charge in [0.25, 0.3) is 5.91 Å². The number of methoxy groups -OCH3 is 1. The number of aryl methyl sites for hydroxylation is 1. The zero-order chi connectivity index (χ0) is 27.4. The molecule has 0 aliphatic carbocycles. The molecule has 0 saturated carbocycles. The van der Waals surface area contributed by atoms with E-state index in [9.17, 15) is 14.7 Å². The number of anilines is 1. The van der Waals surface area contributed by atoms with Crippen molar-refractivity contribution in [3.8, 4) is 39.8 Å². The van der Waals surface area contributed by atoms with Gasteiger partial charge in [0.2, 0.25) is 0 Å². The highest BCUT2D eigenvalue weighted by molar-refractivity contribution is 5.78. The Balaban J connectivity index is 1.17. The van der Waals surface area contributed by atoms with Crippen LogP contribution in [-0.4, -0.2) is 65.8 Å². The molecule has 9 heteroatoms. The first kappa shape index (κ1) is 25.8. The average Bonchev–Trinajstić information content (AvgIpc) is 2.97. The summed E-state index contributed by atoms with van der Waals surface area (Å²) in [7, 11) is 1.65. The third-order valence-corrected chi connectivity index (χ3v) is 6.83. The number of benzene rings is 3. The van der Waals surface area contributed by atoms with Crippen LogP contribution >= 0.6 is 0 Å². The molecular weight excluding hydrogens is 496 g/mol. The maximum Gasteiger partial charge on any atom is 0.345 e. The second-order valence-corrected chi connectivity index (χ2v) is 9.37. The van der Waals surface area contributed by atoms with Crippen molar-refractivity contribution >= 4 is 11.6 Å². The summed E-state index contributed by atoms with van der Waals surface area (Å²) in [6.45, 7) is 4.51. The molecule has 0 unspecified atom stereocenters. The van der Waals surface area contributed by atoms with E-state index in [0.29, 0.717) is 35.8 Å². The molecule has 0 bridgehead atoms. The van der Waals surface area contributed by atoms with E-state index in [2.05, 4.69) is 14.9 Å². The number of carbonyl (C=O) groups is 1. The lowest BCUT2D eigenvalue weighted by molar-refractivity contribution is -0.133. The highest BCUT2D eigenvalue weighted by Gasteiger charge is 2.21. The minimum Gasteiger partial charge on any atom is -0.508 e. The number of hydrogen-bond acceptors (Lipinski definition) is 7. The molecule has 200 valence electrons. The minimum atomic E-state index is -0.466. The fourth-order valence-electron chi connectivity index (χ4n) is 4.55. The molecule has 1 aliphatic rings. The van der Waals surface area contributed by atoms with Crippen LogP contribution in [0.1, 0.15) is 5.56 Å². The van der Waals surface area contributed by atoms with E-state index < -0.39 is 5.69 Å². The van der Waals surface area contributed by atoms with Crippen LogP contribution in [0.15, 0.2) is 77.6 Å². The van der Waals surface area contributed by atoms with Crippen molar-refractivity contribution in [1.82, 2.24) is 14.9 Å². The first-order valence-electron chi connectivity index (χ1n) is 12.7. The summed E-state index contributed by atoms with van der Waals surface area (Å²) in [5.41, 5.74) is 3.97. The van der Waals surface area contributed by atoms with E-state index in [4.69, 9.17) is 9.47 Å². The van der Waals surface area contributed by atoms with Crippen molar-refractivity contribution in [2.75, 3.05) is 44.8 Å². The highest BCUT2D eigenvalue weighted by atomic mass is 16.5. The third kappa shape index (κ3) is 6.04. The van der Waals surface area contributed by atoms with Crippen LogP contribution in [0.5, 0.6) is 17.2 Å². The van der Waals surface area contributed by atoms with Gasteiger partial charge in [-0.1, -0.05) is 0 Å². The number of phenolic OH excluding ortho intramolecular Hbond substituents is 1. The van der Waals surface area contributed by atoms with Crippen molar-refractivity contribution in [2.45, 2.75) is 6.92 Å². The van der Waals surface area contributed by atoms with Gasteiger partial charge >= 0.3 is 5.69 Å². The molecule has 1 aromatic heterocycles. The molecule has 3 aromatic carbocycles. The first-order chi connectivity index (χ1) is 18.9. The second-order valence-electron chi connectivity index (χ2n) is 9.37. The molecule has 0 radical (unpaired) electrons. The Bertz CT molecular complexity index is 1510. The van der Waals surface area contributed by atoms with Gasteiger partial charge in [0.1, 0.15) is 17.2 Å². The predicted octanol–water partition coefficient (Wildman–Crippen LogP) is 3.85. The number of aromatic amines is 1. The summed E-state index contributed by atoms with van der Waals surface area (Å²) in [5.74, 6) is 1.52. The van der Waals surface area contributed by atoms with Crippen LogP contribution in [0.25, 0.3) is 22.5 Å². The molecule has 0 spiro atoms. The largest absolute Gasteiger partial charge is 0.508 e. The predicted molar refractivity (Wildman–Crippen MR) is 149 cm³/mol. The van der Waals surface area contributed by atoms with Crippen molar-refractivity contribution < 1.29 is 19.4 Å². The number of amides is 1. The second kappa shape index (κ2) is 11.3. The lowest BCUT2D eigenvalue weighted by atomic mass is 10.1. The summed E-state index contributed by atoms with van der Waals surface area (Å²) >= 11 is 0.